The van der Waals surface area contributed by atoms with Gasteiger partial charge >= 0.3 is 0 Å². The molecule has 3 heteroatoms. The van der Waals surface area contributed by atoms with Gasteiger partial charge in [0.25, 0.3) is 0 Å². The van der Waals surface area contributed by atoms with Crippen molar-refractivity contribution >= 4 is 0 Å². The average molecular weight is 211 g/mol. The van der Waals surface area contributed by atoms with Crippen LogP contribution in [-0.4, -0.2) is 44.4 Å². The molecule has 0 saturated carbocycles. The number of hydrogen-bond donors (Lipinski definition) is 0. The van der Waals surface area contributed by atoms with Gasteiger partial charge in [-0.3, -0.25) is 4.90 Å². The van der Waals surface area contributed by atoms with Crippen molar-refractivity contribution in [2.45, 2.75) is 13.3 Å². The van der Waals surface area contributed by atoms with Gasteiger partial charge in [0.15, 0.2) is 0 Å². The molecule has 0 radical (unpaired) electrons. The lowest BCUT2D eigenvalue weighted by molar-refractivity contribution is 0.0346. The lowest BCUT2D eigenvalue weighted by atomic mass is 10.3. The number of nitrogens with zero attached hydrogens (tertiary/aromatic N) is 1. The van der Waals surface area contributed by atoms with E-state index in [1.165, 1.54) is 0 Å². The predicted molar refractivity (Wildman–Crippen MR) is 61.8 cm³/mol. The second kappa shape index (κ2) is 7.49. The maximum atomic E-state index is 5.43. The van der Waals surface area contributed by atoms with Crippen LogP contribution < -0.4 is 0 Å². The molecule has 0 aliphatic carbocycles. The van der Waals surface area contributed by atoms with Gasteiger partial charge < -0.3 is 9.47 Å². The van der Waals surface area contributed by atoms with Crippen LogP contribution in [0, 0.1) is 0 Å². The second-order valence-electron chi connectivity index (χ2n) is 3.62. The first-order chi connectivity index (χ1) is 7.33. The van der Waals surface area contributed by atoms with Crippen molar-refractivity contribution in [3.8, 4) is 0 Å². The zero-order valence-corrected chi connectivity index (χ0v) is 9.58. The Morgan fingerprint density at radius 3 is 2.87 bits per heavy atom. The molecule has 0 spiro atoms. The Morgan fingerprint density at radius 2 is 2.20 bits per heavy atom. The lowest BCUT2D eigenvalue weighted by Gasteiger charge is -2.26. The molecule has 0 bridgehead atoms. The number of morpholine rings is 1. The Bertz CT molecular complexity index is 208. The highest BCUT2D eigenvalue weighted by Gasteiger charge is 2.08. The predicted octanol–water partition coefficient (Wildman–Crippen LogP) is 1.82. The molecule has 0 amide bonds. The molecule has 0 aromatic rings. The molecular formula is C12H21NO2. The van der Waals surface area contributed by atoms with E-state index in [9.17, 15) is 0 Å². The Hall–Kier alpha value is -0.800. The first-order valence-electron chi connectivity index (χ1n) is 5.57. The molecule has 1 rings (SSSR count). The number of ether oxygens (including phenoxy) is 2. The zero-order valence-electron chi connectivity index (χ0n) is 9.58. The summed E-state index contributed by atoms with van der Waals surface area (Å²) in [6, 6.07) is 0. The Morgan fingerprint density at radius 1 is 1.47 bits per heavy atom. The van der Waals surface area contributed by atoms with Gasteiger partial charge in [-0.1, -0.05) is 12.7 Å². The van der Waals surface area contributed by atoms with E-state index in [0.717, 1.165) is 51.6 Å². The third-order valence-electron chi connectivity index (χ3n) is 2.36. The van der Waals surface area contributed by atoms with Crippen LogP contribution in [0.15, 0.2) is 24.5 Å². The Balaban J connectivity index is 1.98. The minimum absolute atomic E-state index is 0.750. The first kappa shape index (κ1) is 12.3. The van der Waals surface area contributed by atoms with Crippen LogP contribution in [0.4, 0.5) is 0 Å². The van der Waals surface area contributed by atoms with Crippen molar-refractivity contribution in [2.75, 3.05) is 39.5 Å². The van der Waals surface area contributed by atoms with Crippen LogP contribution in [0.5, 0.6) is 0 Å². The molecule has 0 atom stereocenters. The van der Waals surface area contributed by atoms with Crippen molar-refractivity contribution in [3.63, 3.8) is 0 Å². The molecule has 15 heavy (non-hydrogen) atoms. The van der Waals surface area contributed by atoms with Crippen molar-refractivity contribution in [1.29, 1.82) is 0 Å². The van der Waals surface area contributed by atoms with Gasteiger partial charge in [-0.2, -0.15) is 0 Å². The van der Waals surface area contributed by atoms with Crippen LogP contribution in [0.2, 0.25) is 0 Å². The van der Waals surface area contributed by atoms with Crippen molar-refractivity contribution in [3.05, 3.63) is 24.5 Å². The Kier molecular flexibility index (Phi) is 6.12. The molecule has 0 N–H and O–H groups in total. The van der Waals surface area contributed by atoms with E-state index in [2.05, 4.69) is 11.5 Å². The van der Waals surface area contributed by atoms with Gasteiger partial charge in [-0.15, -0.1) is 0 Å². The maximum Gasteiger partial charge on any atom is 0.111 e. The highest BCUT2D eigenvalue weighted by molar-refractivity contribution is 5.05. The fourth-order valence-corrected chi connectivity index (χ4v) is 1.55. The molecule has 0 unspecified atom stereocenters. The molecule has 3 nitrogen and oxygen atoms in total. The normalized spacial score (nSPS) is 18.2. The van der Waals surface area contributed by atoms with Gasteiger partial charge in [0, 0.05) is 19.6 Å². The summed E-state index contributed by atoms with van der Waals surface area (Å²) < 4.78 is 10.7. The lowest BCUT2D eigenvalue weighted by Crippen LogP contribution is -2.37. The third kappa shape index (κ3) is 5.60. The van der Waals surface area contributed by atoms with Crippen molar-refractivity contribution < 1.29 is 9.47 Å². The summed E-state index contributed by atoms with van der Waals surface area (Å²) in [4.78, 5) is 2.41. The summed E-state index contributed by atoms with van der Waals surface area (Å²) >= 11 is 0. The van der Waals surface area contributed by atoms with Gasteiger partial charge in [-0.25, -0.2) is 0 Å². The fraction of sp³-hybridized carbons (Fsp3) is 0.667. The molecule has 1 saturated heterocycles. The van der Waals surface area contributed by atoms with E-state index in [1.807, 2.05) is 19.1 Å². The topological polar surface area (TPSA) is 21.7 Å². The largest absolute Gasteiger partial charge is 0.494 e. The van der Waals surface area contributed by atoms with Crippen LogP contribution in [0.3, 0.4) is 0 Å². The SMILES string of the molecule is C=C(/C=C\C)OCCCN1CCOCC1. The van der Waals surface area contributed by atoms with E-state index in [1.54, 1.807) is 0 Å². The molecule has 1 fully saturated rings. The summed E-state index contributed by atoms with van der Waals surface area (Å²) in [6.07, 6.45) is 4.87. The van der Waals surface area contributed by atoms with Gasteiger partial charge in [0.05, 0.1) is 19.8 Å². The summed E-state index contributed by atoms with van der Waals surface area (Å²) in [5.74, 6) is 0.750. The van der Waals surface area contributed by atoms with E-state index < -0.39 is 0 Å². The van der Waals surface area contributed by atoms with E-state index >= 15 is 0 Å². The van der Waals surface area contributed by atoms with Crippen molar-refractivity contribution in [2.24, 2.45) is 0 Å². The summed E-state index contributed by atoms with van der Waals surface area (Å²) in [5.41, 5.74) is 0. The number of hydrogen-bond acceptors (Lipinski definition) is 3. The zero-order chi connectivity index (χ0) is 10.9. The highest BCUT2D eigenvalue weighted by atomic mass is 16.5. The average Bonchev–Trinajstić information content (AvgIpc) is 2.26. The second-order valence-corrected chi connectivity index (χ2v) is 3.62. The van der Waals surface area contributed by atoms with Crippen LogP contribution >= 0.6 is 0 Å². The van der Waals surface area contributed by atoms with Gasteiger partial charge in [-0.05, 0) is 19.4 Å². The molecule has 86 valence electrons. The van der Waals surface area contributed by atoms with E-state index in [-0.39, 0.29) is 0 Å². The number of allylic oxidation sites excluding steroid dienone is 2. The van der Waals surface area contributed by atoms with Gasteiger partial charge in [0.2, 0.25) is 0 Å². The quantitative estimate of drug-likeness (QED) is 0.380. The monoisotopic (exact) mass is 211 g/mol. The van der Waals surface area contributed by atoms with E-state index in [0.29, 0.717) is 0 Å². The standard InChI is InChI=1S/C12H21NO2/c1-3-5-12(2)15-9-4-6-13-7-10-14-11-8-13/h3,5H,2,4,6-11H2,1H3/b5-3-. The van der Waals surface area contributed by atoms with Crippen LogP contribution in [0.1, 0.15) is 13.3 Å². The molecule has 0 aromatic heterocycles. The summed E-state index contributed by atoms with van der Waals surface area (Å²) in [6.45, 7) is 11.4. The maximum absolute atomic E-state index is 5.43. The fourth-order valence-electron chi connectivity index (χ4n) is 1.55. The van der Waals surface area contributed by atoms with Crippen LogP contribution in [-0.2, 0) is 9.47 Å². The summed E-state index contributed by atoms with van der Waals surface area (Å²) in [5, 5.41) is 0. The Labute approximate surface area is 92.4 Å². The minimum atomic E-state index is 0.750. The summed E-state index contributed by atoms with van der Waals surface area (Å²) in [7, 11) is 0. The van der Waals surface area contributed by atoms with Crippen LogP contribution in [0.25, 0.3) is 0 Å². The molecule has 1 aliphatic heterocycles. The molecule has 1 aliphatic rings. The smallest absolute Gasteiger partial charge is 0.111 e. The number of rotatable bonds is 6. The third-order valence-corrected chi connectivity index (χ3v) is 2.36. The highest BCUT2D eigenvalue weighted by Crippen LogP contribution is 2.00. The van der Waals surface area contributed by atoms with Gasteiger partial charge in [0.1, 0.15) is 5.76 Å². The molecule has 1 heterocycles. The minimum Gasteiger partial charge on any atom is -0.494 e. The molecule has 0 aromatic carbocycles. The van der Waals surface area contributed by atoms with E-state index in [4.69, 9.17) is 9.47 Å². The first-order valence-corrected chi connectivity index (χ1v) is 5.57. The van der Waals surface area contributed by atoms with Crippen molar-refractivity contribution in [1.82, 2.24) is 4.90 Å². The molecular weight excluding hydrogens is 190 g/mol.